The van der Waals surface area contributed by atoms with Crippen molar-refractivity contribution in [1.82, 2.24) is 5.32 Å². The topological polar surface area (TPSA) is 55.4 Å². The molecule has 2 aliphatic heterocycles. The van der Waals surface area contributed by atoms with Gasteiger partial charge < -0.3 is 10.1 Å². The van der Waals surface area contributed by atoms with Gasteiger partial charge in [-0.3, -0.25) is 4.79 Å². The van der Waals surface area contributed by atoms with E-state index in [1.807, 2.05) is 0 Å². The maximum absolute atomic E-state index is 11.5. The van der Waals surface area contributed by atoms with E-state index in [0.29, 0.717) is 5.70 Å². The van der Waals surface area contributed by atoms with E-state index in [1.54, 1.807) is 0 Å². The number of ketones is 1. The lowest BCUT2D eigenvalue weighted by atomic mass is 9.82. The van der Waals surface area contributed by atoms with Gasteiger partial charge in [0.2, 0.25) is 0 Å². The molecule has 1 unspecified atom stereocenters. The Bertz CT molecular complexity index is 368. The van der Waals surface area contributed by atoms with Crippen LogP contribution in [-0.4, -0.2) is 24.4 Å². The first-order valence-corrected chi connectivity index (χ1v) is 5.11. The number of esters is 1. The quantitative estimate of drug-likeness (QED) is 0.512. The lowest BCUT2D eigenvalue weighted by molar-refractivity contribution is -0.141. The molecule has 2 aliphatic rings. The third-order valence-corrected chi connectivity index (χ3v) is 2.89. The number of Topliss-reactive ketones (excluding diaryl/α,β-unsaturated/α-hetero) is 1. The number of carbonyl (C=O) groups is 2. The molecular formula is C11H15NO3. The molecule has 1 N–H and O–H groups in total. The summed E-state index contributed by atoms with van der Waals surface area (Å²) in [6, 6.07) is 0. The number of fused-ring (bicyclic) bond motifs is 1. The van der Waals surface area contributed by atoms with Crippen LogP contribution in [0.2, 0.25) is 0 Å². The smallest absolute Gasteiger partial charge is 0.344 e. The summed E-state index contributed by atoms with van der Waals surface area (Å²) in [6.07, 6.45) is 0.526. The maximum atomic E-state index is 11.5. The Kier molecular flexibility index (Phi) is 2.10. The molecule has 0 radical (unpaired) electrons. The van der Waals surface area contributed by atoms with Gasteiger partial charge in [-0.1, -0.05) is 13.8 Å². The summed E-state index contributed by atoms with van der Waals surface area (Å²) in [5.74, 6) is -0.697. The number of rotatable bonds is 1. The van der Waals surface area contributed by atoms with Gasteiger partial charge in [0.1, 0.15) is 11.7 Å². The second-order valence-electron chi connectivity index (χ2n) is 4.96. The Balaban J connectivity index is 2.33. The molecule has 0 aromatic carbocycles. The standard InChI is InChI=1S/C11H15NO3/c1-6(13)8-9-7(15-10(8)14)4-11(2,3)5-12-9/h7,12H,4-5H2,1-3H3. The van der Waals surface area contributed by atoms with Crippen LogP contribution in [0, 0.1) is 5.41 Å². The number of carbonyl (C=O) groups excluding carboxylic acids is 2. The van der Waals surface area contributed by atoms with Crippen molar-refractivity contribution in [3.63, 3.8) is 0 Å². The van der Waals surface area contributed by atoms with Gasteiger partial charge in [-0.25, -0.2) is 4.79 Å². The summed E-state index contributed by atoms with van der Waals surface area (Å²) in [4.78, 5) is 22.7. The molecule has 1 fully saturated rings. The van der Waals surface area contributed by atoms with Crippen molar-refractivity contribution in [2.24, 2.45) is 5.41 Å². The highest BCUT2D eigenvalue weighted by atomic mass is 16.5. The average molecular weight is 209 g/mol. The predicted molar refractivity (Wildman–Crippen MR) is 54.0 cm³/mol. The molecule has 2 heterocycles. The van der Waals surface area contributed by atoms with Gasteiger partial charge in [0, 0.05) is 6.54 Å². The molecule has 4 heteroatoms. The van der Waals surface area contributed by atoms with E-state index in [-0.39, 0.29) is 22.9 Å². The average Bonchev–Trinajstić information content (AvgIpc) is 2.37. The van der Waals surface area contributed by atoms with Gasteiger partial charge in [0.15, 0.2) is 5.78 Å². The molecular weight excluding hydrogens is 194 g/mol. The highest BCUT2D eigenvalue weighted by Crippen LogP contribution is 2.35. The van der Waals surface area contributed by atoms with Crippen LogP contribution >= 0.6 is 0 Å². The Morgan fingerprint density at radius 2 is 2.20 bits per heavy atom. The van der Waals surface area contributed by atoms with E-state index in [1.165, 1.54) is 6.92 Å². The van der Waals surface area contributed by atoms with Crippen LogP contribution in [-0.2, 0) is 14.3 Å². The van der Waals surface area contributed by atoms with Crippen LogP contribution in [0.25, 0.3) is 0 Å². The summed E-state index contributed by atoms with van der Waals surface area (Å²) in [7, 11) is 0. The molecule has 0 aromatic heterocycles. The molecule has 1 atom stereocenters. The van der Waals surface area contributed by atoms with Gasteiger partial charge in [0.25, 0.3) is 0 Å². The van der Waals surface area contributed by atoms with Gasteiger partial charge in [-0.05, 0) is 18.8 Å². The maximum Gasteiger partial charge on any atom is 0.344 e. The van der Waals surface area contributed by atoms with Crippen molar-refractivity contribution in [2.45, 2.75) is 33.3 Å². The number of ether oxygens (including phenoxy) is 1. The zero-order chi connectivity index (χ0) is 11.2. The summed E-state index contributed by atoms with van der Waals surface area (Å²) in [6.45, 7) is 6.38. The first kappa shape index (κ1) is 10.2. The molecule has 15 heavy (non-hydrogen) atoms. The first-order chi connectivity index (χ1) is 6.91. The Hall–Kier alpha value is -1.32. The second-order valence-corrected chi connectivity index (χ2v) is 4.96. The fourth-order valence-electron chi connectivity index (χ4n) is 2.11. The fraction of sp³-hybridized carbons (Fsp3) is 0.636. The highest BCUT2D eigenvalue weighted by molar-refractivity contribution is 6.18. The Morgan fingerprint density at radius 1 is 1.53 bits per heavy atom. The summed E-state index contributed by atoms with van der Waals surface area (Å²) < 4.78 is 5.18. The molecule has 2 rings (SSSR count). The normalized spacial score (nSPS) is 28.2. The second kappa shape index (κ2) is 3.08. The molecule has 0 amide bonds. The molecule has 82 valence electrons. The van der Waals surface area contributed by atoms with Crippen molar-refractivity contribution >= 4 is 11.8 Å². The first-order valence-electron chi connectivity index (χ1n) is 5.11. The van der Waals surface area contributed by atoms with E-state index < -0.39 is 5.97 Å². The van der Waals surface area contributed by atoms with Gasteiger partial charge >= 0.3 is 5.97 Å². The van der Waals surface area contributed by atoms with E-state index >= 15 is 0 Å². The molecule has 0 bridgehead atoms. The lowest BCUT2D eigenvalue weighted by Gasteiger charge is -2.34. The lowest BCUT2D eigenvalue weighted by Crippen LogP contribution is -2.41. The van der Waals surface area contributed by atoms with Crippen molar-refractivity contribution < 1.29 is 14.3 Å². The van der Waals surface area contributed by atoms with Gasteiger partial charge in [-0.15, -0.1) is 0 Å². The van der Waals surface area contributed by atoms with E-state index in [0.717, 1.165) is 13.0 Å². The van der Waals surface area contributed by atoms with Crippen molar-refractivity contribution in [1.29, 1.82) is 0 Å². The van der Waals surface area contributed by atoms with E-state index in [4.69, 9.17) is 4.74 Å². The molecule has 0 aromatic rings. The van der Waals surface area contributed by atoms with Crippen LogP contribution in [0.5, 0.6) is 0 Å². The summed E-state index contributed by atoms with van der Waals surface area (Å²) in [5.41, 5.74) is 0.989. The van der Waals surface area contributed by atoms with Crippen LogP contribution in [0.1, 0.15) is 27.2 Å². The minimum atomic E-state index is -0.479. The van der Waals surface area contributed by atoms with Gasteiger partial charge in [-0.2, -0.15) is 0 Å². The number of hydrogen-bond acceptors (Lipinski definition) is 4. The largest absolute Gasteiger partial charge is 0.452 e. The zero-order valence-corrected chi connectivity index (χ0v) is 9.22. The van der Waals surface area contributed by atoms with Crippen molar-refractivity contribution in [2.75, 3.05) is 6.54 Å². The SMILES string of the molecule is CC(=O)C1=C2NCC(C)(C)CC2OC1=O. The Morgan fingerprint density at radius 3 is 2.80 bits per heavy atom. The minimum Gasteiger partial charge on any atom is -0.452 e. The molecule has 4 nitrogen and oxygen atoms in total. The fourth-order valence-corrected chi connectivity index (χ4v) is 2.11. The minimum absolute atomic E-state index is 0.0979. The monoisotopic (exact) mass is 209 g/mol. The zero-order valence-electron chi connectivity index (χ0n) is 9.22. The third-order valence-electron chi connectivity index (χ3n) is 2.89. The molecule has 0 saturated carbocycles. The molecule has 0 spiro atoms. The van der Waals surface area contributed by atoms with E-state index in [9.17, 15) is 9.59 Å². The number of nitrogens with one attached hydrogen (secondary N) is 1. The van der Waals surface area contributed by atoms with Crippen molar-refractivity contribution in [3.05, 3.63) is 11.3 Å². The summed E-state index contributed by atoms with van der Waals surface area (Å²) in [5, 5.41) is 3.15. The van der Waals surface area contributed by atoms with Crippen LogP contribution in [0.4, 0.5) is 0 Å². The third kappa shape index (κ3) is 1.64. The predicted octanol–water partition coefficient (Wildman–Crippen LogP) is 0.774. The number of hydrogen-bond donors (Lipinski definition) is 1. The molecule has 0 aliphatic carbocycles. The highest BCUT2D eigenvalue weighted by Gasteiger charge is 2.42. The van der Waals surface area contributed by atoms with Crippen LogP contribution < -0.4 is 5.32 Å². The van der Waals surface area contributed by atoms with Crippen molar-refractivity contribution in [3.8, 4) is 0 Å². The van der Waals surface area contributed by atoms with Crippen LogP contribution in [0.15, 0.2) is 11.3 Å². The van der Waals surface area contributed by atoms with Gasteiger partial charge in [0.05, 0.1) is 5.70 Å². The van der Waals surface area contributed by atoms with Crippen LogP contribution in [0.3, 0.4) is 0 Å². The molecule has 1 saturated heterocycles. The van der Waals surface area contributed by atoms with E-state index in [2.05, 4.69) is 19.2 Å². The summed E-state index contributed by atoms with van der Waals surface area (Å²) >= 11 is 0. The number of piperidine rings is 1. The Labute approximate surface area is 88.7 Å².